The lowest BCUT2D eigenvalue weighted by Gasteiger charge is -2.12. The van der Waals surface area contributed by atoms with Gasteiger partial charge >= 0.3 is 0 Å². The summed E-state index contributed by atoms with van der Waals surface area (Å²) in [6, 6.07) is 4.01. The van der Waals surface area contributed by atoms with Gasteiger partial charge in [0.1, 0.15) is 5.76 Å². The smallest absolute Gasteiger partial charge is 0.242 e. The zero-order valence-corrected chi connectivity index (χ0v) is 13.3. The van der Waals surface area contributed by atoms with Gasteiger partial charge in [-0.05, 0) is 48.0 Å². The van der Waals surface area contributed by atoms with Crippen molar-refractivity contribution in [2.24, 2.45) is 0 Å². The van der Waals surface area contributed by atoms with E-state index in [1.54, 1.807) is 26.0 Å². The Labute approximate surface area is 125 Å². The van der Waals surface area contributed by atoms with E-state index in [0.717, 1.165) is 0 Å². The van der Waals surface area contributed by atoms with E-state index in [-0.39, 0.29) is 4.90 Å². The number of hydrogen-bond acceptors (Lipinski definition) is 5. The highest BCUT2D eigenvalue weighted by Crippen LogP contribution is 2.25. The molecule has 2 rings (SSSR count). The van der Waals surface area contributed by atoms with Crippen LogP contribution in [-0.2, 0) is 10.0 Å². The normalized spacial score (nSPS) is 13.3. The van der Waals surface area contributed by atoms with E-state index in [1.807, 2.05) is 0 Å². The van der Waals surface area contributed by atoms with Crippen LogP contribution in [0.5, 0.6) is 0 Å². The fourth-order valence-corrected chi connectivity index (χ4v) is 3.84. The molecule has 1 aromatic heterocycles. The van der Waals surface area contributed by atoms with E-state index in [1.165, 1.54) is 12.3 Å². The third-order valence-corrected chi connectivity index (χ3v) is 5.12. The number of nitrogen functional groups attached to an aromatic ring is 1. The standard InChI is InChI=1S/C12H14BrN3O3S/c1-7-6-15-12(19-7)8(2)16-20(17,18)11-5-9(14)3-4-10(11)13/h3-6,8,16H,14H2,1-2H3. The molecule has 0 saturated carbocycles. The van der Waals surface area contributed by atoms with Crippen LogP contribution in [0.4, 0.5) is 5.69 Å². The summed E-state index contributed by atoms with van der Waals surface area (Å²) in [7, 11) is -3.73. The van der Waals surface area contributed by atoms with E-state index < -0.39 is 16.1 Å². The summed E-state index contributed by atoms with van der Waals surface area (Å²) in [5, 5.41) is 0. The Morgan fingerprint density at radius 3 is 2.75 bits per heavy atom. The number of nitrogens with two attached hydrogens (primary N) is 1. The minimum absolute atomic E-state index is 0.0765. The predicted octanol–water partition coefficient (Wildman–Crippen LogP) is 2.37. The van der Waals surface area contributed by atoms with Gasteiger partial charge in [0, 0.05) is 10.2 Å². The van der Waals surface area contributed by atoms with Crippen LogP contribution in [0, 0.1) is 6.92 Å². The summed E-state index contributed by atoms with van der Waals surface area (Å²) >= 11 is 3.20. The summed E-state index contributed by atoms with van der Waals surface area (Å²) in [6.45, 7) is 3.40. The van der Waals surface area contributed by atoms with Crippen LogP contribution in [0.15, 0.2) is 38.2 Å². The second-order valence-electron chi connectivity index (χ2n) is 4.34. The van der Waals surface area contributed by atoms with E-state index in [0.29, 0.717) is 21.8 Å². The molecule has 3 N–H and O–H groups in total. The van der Waals surface area contributed by atoms with Crippen molar-refractivity contribution in [3.63, 3.8) is 0 Å². The largest absolute Gasteiger partial charge is 0.444 e. The van der Waals surface area contributed by atoms with E-state index >= 15 is 0 Å². The maximum Gasteiger partial charge on any atom is 0.242 e. The molecule has 0 saturated heterocycles. The number of nitrogens with one attached hydrogen (secondary N) is 1. The molecule has 1 aromatic carbocycles. The molecule has 2 aromatic rings. The van der Waals surface area contributed by atoms with Gasteiger partial charge < -0.3 is 10.2 Å². The first-order valence-electron chi connectivity index (χ1n) is 5.79. The molecule has 0 spiro atoms. The molecule has 1 unspecified atom stereocenters. The van der Waals surface area contributed by atoms with Gasteiger partial charge in [-0.15, -0.1) is 0 Å². The maximum atomic E-state index is 12.3. The van der Waals surface area contributed by atoms with Gasteiger partial charge in [-0.3, -0.25) is 0 Å². The molecular formula is C12H14BrN3O3S. The zero-order valence-electron chi connectivity index (χ0n) is 10.9. The Kier molecular flexibility index (Phi) is 4.17. The number of rotatable bonds is 4. The van der Waals surface area contributed by atoms with Crippen molar-refractivity contribution in [3.05, 3.63) is 40.5 Å². The highest BCUT2D eigenvalue weighted by atomic mass is 79.9. The van der Waals surface area contributed by atoms with E-state index in [9.17, 15) is 8.42 Å². The highest BCUT2D eigenvalue weighted by Gasteiger charge is 2.23. The summed E-state index contributed by atoms with van der Waals surface area (Å²) in [5.74, 6) is 0.933. The van der Waals surface area contributed by atoms with Crippen LogP contribution in [0.1, 0.15) is 24.6 Å². The molecule has 0 bridgehead atoms. The number of halogens is 1. The maximum absolute atomic E-state index is 12.3. The molecule has 1 atom stereocenters. The molecule has 1 heterocycles. The van der Waals surface area contributed by atoms with Gasteiger partial charge in [0.2, 0.25) is 15.9 Å². The monoisotopic (exact) mass is 359 g/mol. The first kappa shape index (κ1) is 15.0. The number of aryl methyl sites for hydroxylation is 1. The van der Waals surface area contributed by atoms with Crippen molar-refractivity contribution in [3.8, 4) is 0 Å². The lowest BCUT2D eigenvalue weighted by molar-refractivity contribution is 0.427. The molecule has 0 aliphatic rings. The molecule has 8 heteroatoms. The van der Waals surface area contributed by atoms with Gasteiger partial charge in [-0.25, -0.2) is 13.4 Å². The minimum atomic E-state index is -3.73. The summed E-state index contributed by atoms with van der Waals surface area (Å²) < 4.78 is 32.9. The Morgan fingerprint density at radius 2 is 2.15 bits per heavy atom. The number of nitrogens with zero attached hydrogens (tertiary/aromatic N) is 1. The first-order chi connectivity index (χ1) is 9.29. The number of sulfonamides is 1. The minimum Gasteiger partial charge on any atom is -0.444 e. The van der Waals surface area contributed by atoms with Crippen molar-refractivity contribution in [1.82, 2.24) is 9.71 Å². The lowest BCUT2D eigenvalue weighted by Crippen LogP contribution is -2.27. The second kappa shape index (κ2) is 5.55. The fourth-order valence-electron chi connectivity index (χ4n) is 1.64. The van der Waals surface area contributed by atoms with Crippen molar-refractivity contribution < 1.29 is 12.8 Å². The molecular weight excluding hydrogens is 346 g/mol. The van der Waals surface area contributed by atoms with Gasteiger partial charge in [-0.1, -0.05) is 0 Å². The Hall–Kier alpha value is -1.38. The molecule has 0 fully saturated rings. The highest BCUT2D eigenvalue weighted by molar-refractivity contribution is 9.10. The third-order valence-electron chi connectivity index (χ3n) is 2.59. The van der Waals surface area contributed by atoms with E-state index in [4.69, 9.17) is 10.2 Å². The van der Waals surface area contributed by atoms with Crippen LogP contribution in [-0.4, -0.2) is 13.4 Å². The summed E-state index contributed by atoms with van der Waals surface area (Å²) in [4.78, 5) is 4.08. The van der Waals surface area contributed by atoms with Crippen LogP contribution < -0.4 is 10.5 Å². The second-order valence-corrected chi connectivity index (χ2v) is 6.88. The average molecular weight is 360 g/mol. The molecule has 20 heavy (non-hydrogen) atoms. The Balaban J connectivity index is 2.29. The molecule has 108 valence electrons. The number of oxazole rings is 1. The number of benzene rings is 1. The zero-order chi connectivity index (χ0) is 14.9. The van der Waals surface area contributed by atoms with Crippen LogP contribution >= 0.6 is 15.9 Å². The molecule has 0 amide bonds. The van der Waals surface area contributed by atoms with Crippen molar-refractivity contribution in [1.29, 1.82) is 0 Å². The third kappa shape index (κ3) is 3.20. The van der Waals surface area contributed by atoms with Gasteiger partial charge in [-0.2, -0.15) is 4.72 Å². The van der Waals surface area contributed by atoms with E-state index in [2.05, 4.69) is 25.6 Å². The van der Waals surface area contributed by atoms with Gasteiger partial charge in [0.25, 0.3) is 0 Å². The Morgan fingerprint density at radius 1 is 1.45 bits per heavy atom. The average Bonchev–Trinajstić information content (AvgIpc) is 2.78. The number of anilines is 1. The summed E-state index contributed by atoms with van der Waals surface area (Å²) in [5.41, 5.74) is 5.99. The molecule has 0 aliphatic carbocycles. The molecule has 6 nitrogen and oxygen atoms in total. The Bertz CT molecular complexity index is 727. The first-order valence-corrected chi connectivity index (χ1v) is 8.07. The van der Waals surface area contributed by atoms with Crippen molar-refractivity contribution >= 4 is 31.6 Å². The fraction of sp³-hybridized carbons (Fsp3) is 0.250. The molecule has 0 radical (unpaired) electrons. The lowest BCUT2D eigenvalue weighted by atomic mass is 10.3. The van der Waals surface area contributed by atoms with Crippen LogP contribution in [0.25, 0.3) is 0 Å². The van der Waals surface area contributed by atoms with Crippen LogP contribution in [0.3, 0.4) is 0 Å². The summed E-state index contributed by atoms with van der Waals surface area (Å²) in [6.07, 6.45) is 1.54. The van der Waals surface area contributed by atoms with Gasteiger partial charge in [0.15, 0.2) is 0 Å². The topological polar surface area (TPSA) is 98.2 Å². The number of hydrogen-bond donors (Lipinski definition) is 2. The van der Waals surface area contributed by atoms with Crippen molar-refractivity contribution in [2.45, 2.75) is 24.8 Å². The predicted molar refractivity (Wildman–Crippen MR) is 78.5 cm³/mol. The van der Waals surface area contributed by atoms with Crippen LogP contribution in [0.2, 0.25) is 0 Å². The number of aromatic nitrogens is 1. The van der Waals surface area contributed by atoms with Crippen molar-refractivity contribution in [2.75, 3.05) is 5.73 Å². The molecule has 0 aliphatic heterocycles. The SMILES string of the molecule is Cc1cnc(C(C)NS(=O)(=O)c2cc(N)ccc2Br)o1. The quantitative estimate of drug-likeness (QED) is 0.816. The van der Waals surface area contributed by atoms with Gasteiger partial charge in [0.05, 0.1) is 17.1 Å².